The number of likely N-dealkylation sites (N-methyl/N-ethyl adjacent to an activating group) is 1. The molecular weight excluding hydrogens is 244 g/mol. The third-order valence-electron chi connectivity index (χ3n) is 2.19. The van der Waals surface area contributed by atoms with Crippen LogP contribution in [0.15, 0.2) is 18.2 Å². The molecule has 0 radical (unpaired) electrons. The lowest BCUT2D eigenvalue weighted by molar-refractivity contribution is -0.141. The average Bonchev–Trinajstić information content (AvgIpc) is 2.31. The summed E-state index contributed by atoms with van der Waals surface area (Å²) >= 11 is 5.78. The fraction of sp³-hybridized carbons (Fsp3) is 0.273. The Hall–Kier alpha value is -1.75. The number of carbonyl (C=O) groups is 2. The Bertz CT molecular complexity index is 448. The van der Waals surface area contributed by atoms with E-state index in [4.69, 9.17) is 17.3 Å². The standard InChI is InChI=1S/C11H13ClN2O3/c1-14(6-10(15)17-2)11(16)8-5-7(12)3-4-9(8)13/h3-5H,6,13H2,1-2H3. The van der Waals surface area contributed by atoms with Gasteiger partial charge in [0.2, 0.25) is 0 Å². The normalized spacial score (nSPS) is 9.82. The first-order chi connectivity index (χ1) is 7.95. The van der Waals surface area contributed by atoms with Gasteiger partial charge in [-0.3, -0.25) is 9.59 Å². The maximum Gasteiger partial charge on any atom is 0.325 e. The molecule has 1 aromatic carbocycles. The highest BCUT2D eigenvalue weighted by molar-refractivity contribution is 6.31. The van der Waals surface area contributed by atoms with E-state index in [0.717, 1.165) is 0 Å². The lowest BCUT2D eigenvalue weighted by Crippen LogP contribution is -2.33. The van der Waals surface area contributed by atoms with Crippen molar-refractivity contribution in [3.05, 3.63) is 28.8 Å². The van der Waals surface area contributed by atoms with Crippen LogP contribution in [-0.2, 0) is 9.53 Å². The molecule has 2 N–H and O–H groups in total. The van der Waals surface area contributed by atoms with Crippen LogP contribution in [0.2, 0.25) is 5.02 Å². The second-order valence-electron chi connectivity index (χ2n) is 3.47. The van der Waals surface area contributed by atoms with Gasteiger partial charge < -0.3 is 15.4 Å². The van der Waals surface area contributed by atoms with Gasteiger partial charge in [-0.05, 0) is 18.2 Å². The van der Waals surface area contributed by atoms with E-state index in [9.17, 15) is 9.59 Å². The van der Waals surface area contributed by atoms with Crippen LogP contribution in [0.25, 0.3) is 0 Å². The molecular formula is C11H13ClN2O3. The molecule has 0 aliphatic carbocycles. The molecule has 1 rings (SSSR count). The van der Waals surface area contributed by atoms with Crippen LogP contribution in [0.3, 0.4) is 0 Å². The monoisotopic (exact) mass is 256 g/mol. The van der Waals surface area contributed by atoms with Crippen molar-refractivity contribution in [3.63, 3.8) is 0 Å². The van der Waals surface area contributed by atoms with Crippen molar-refractivity contribution in [3.8, 4) is 0 Å². The summed E-state index contributed by atoms with van der Waals surface area (Å²) in [7, 11) is 2.74. The van der Waals surface area contributed by atoms with E-state index >= 15 is 0 Å². The molecule has 5 nitrogen and oxygen atoms in total. The van der Waals surface area contributed by atoms with Gasteiger partial charge in [0, 0.05) is 17.8 Å². The first kappa shape index (κ1) is 13.3. The molecule has 0 fully saturated rings. The number of nitrogens with two attached hydrogens (primary N) is 1. The summed E-state index contributed by atoms with van der Waals surface area (Å²) in [5.41, 5.74) is 6.25. The molecule has 1 amide bonds. The number of rotatable bonds is 3. The number of nitrogen functional groups attached to an aromatic ring is 1. The fourth-order valence-electron chi connectivity index (χ4n) is 1.25. The number of esters is 1. The zero-order chi connectivity index (χ0) is 13.0. The summed E-state index contributed by atoms with van der Waals surface area (Å²) in [6.45, 7) is -0.138. The van der Waals surface area contributed by atoms with E-state index in [1.807, 2.05) is 0 Å². The van der Waals surface area contributed by atoms with Crippen molar-refractivity contribution in [1.29, 1.82) is 0 Å². The third-order valence-corrected chi connectivity index (χ3v) is 2.42. The van der Waals surface area contributed by atoms with E-state index < -0.39 is 5.97 Å². The Morgan fingerprint density at radius 2 is 2.12 bits per heavy atom. The number of hydrogen-bond donors (Lipinski definition) is 1. The predicted molar refractivity (Wildman–Crippen MR) is 64.8 cm³/mol. The minimum Gasteiger partial charge on any atom is -0.468 e. The van der Waals surface area contributed by atoms with Crippen LogP contribution in [-0.4, -0.2) is 37.5 Å². The third kappa shape index (κ3) is 3.35. The number of amides is 1. The summed E-state index contributed by atoms with van der Waals surface area (Å²) in [4.78, 5) is 24.2. The molecule has 92 valence electrons. The van der Waals surface area contributed by atoms with Crippen LogP contribution in [0, 0.1) is 0 Å². The minimum atomic E-state index is -0.499. The molecule has 6 heteroatoms. The first-order valence-corrected chi connectivity index (χ1v) is 5.20. The highest BCUT2D eigenvalue weighted by Crippen LogP contribution is 2.19. The summed E-state index contributed by atoms with van der Waals surface area (Å²) < 4.78 is 4.47. The minimum absolute atomic E-state index is 0.138. The Morgan fingerprint density at radius 1 is 1.47 bits per heavy atom. The lowest BCUT2D eigenvalue weighted by Gasteiger charge is -2.16. The fourth-order valence-corrected chi connectivity index (χ4v) is 1.42. The van der Waals surface area contributed by atoms with Gasteiger partial charge in [-0.25, -0.2) is 0 Å². The maximum atomic E-state index is 11.9. The van der Waals surface area contributed by atoms with Crippen molar-refractivity contribution >= 4 is 29.2 Å². The van der Waals surface area contributed by atoms with Crippen molar-refractivity contribution < 1.29 is 14.3 Å². The van der Waals surface area contributed by atoms with Gasteiger partial charge >= 0.3 is 5.97 Å². The van der Waals surface area contributed by atoms with Crippen LogP contribution in [0.1, 0.15) is 10.4 Å². The van der Waals surface area contributed by atoms with E-state index in [0.29, 0.717) is 10.7 Å². The van der Waals surface area contributed by atoms with Gasteiger partial charge in [0.15, 0.2) is 0 Å². The summed E-state index contributed by atoms with van der Waals surface area (Å²) in [5.74, 6) is -0.878. The highest BCUT2D eigenvalue weighted by atomic mass is 35.5. The molecule has 0 saturated carbocycles. The topological polar surface area (TPSA) is 72.6 Å². The Labute approximate surface area is 104 Å². The van der Waals surface area contributed by atoms with E-state index in [1.54, 1.807) is 12.1 Å². The smallest absolute Gasteiger partial charge is 0.325 e. The van der Waals surface area contributed by atoms with Crippen LogP contribution in [0.4, 0.5) is 5.69 Å². The molecule has 1 aromatic rings. The van der Waals surface area contributed by atoms with Gasteiger partial charge in [0.1, 0.15) is 6.54 Å². The second-order valence-corrected chi connectivity index (χ2v) is 3.91. The van der Waals surface area contributed by atoms with Crippen LogP contribution >= 0.6 is 11.6 Å². The number of ether oxygens (including phenoxy) is 1. The first-order valence-electron chi connectivity index (χ1n) is 4.83. The molecule has 0 saturated heterocycles. The Balaban J connectivity index is 2.88. The molecule has 0 aliphatic heterocycles. The molecule has 0 spiro atoms. The molecule has 17 heavy (non-hydrogen) atoms. The van der Waals surface area contributed by atoms with E-state index in [2.05, 4.69) is 4.74 Å². The molecule has 0 heterocycles. The van der Waals surface area contributed by atoms with Crippen LogP contribution < -0.4 is 5.73 Å². The number of hydrogen-bond acceptors (Lipinski definition) is 4. The summed E-state index contributed by atoms with van der Waals surface area (Å²) in [5, 5.41) is 0.411. The zero-order valence-corrected chi connectivity index (χ0v) is 10.3. The number of carbonyl (C=O) groups excluding carboxylic acids is 2. The number of methoxy groups -OCH3 is 1. The maximum absolute atomic E-state index is 11.9. The number of benzene rings is 1. The molecule has 0 unspecified atom stereocenters. The van der Waals surface area contributed by atoms with E-state index in [-0.39, 0.29) is 18.0 Å². The zero-order valence-electron chi connectivity index (χ0n) is 9.57. The number of nitrogens with zero attached hydrogens (tertiary/aromatic N) is 1. The van der Waals surface area contributed by atoms with Gasteiger partial charge in [-0.15, -0.1) is 0 Å². The van der Waals surface area contributed by atoms with Gasteiger partial charge in [-0.1, -0.05) is 11.6 Å². The average molecular weight is 257 g/mol. The van der Waals surface area contributed by atoms with Gasteiger partial charge in [0.25, 0.3) is 5.91 Å². The number of halogens is 1. The second kappa shape index (κ2) is 5.54. The van der Waals surface area contributed by atoms with Crippen molar-refractivity contribution in [2.24, 2.45) is 0 Å². The Morgan fingerprint density at radius 3 is 2.71 bits per heavy atom. The summed E-state index contributed by atoms with van der Waals surface area (Å²) in [6, 6.07) is 4.60. The largest absolute Gasteiger partial charge is 0.468 e. The molecule has 0 atom stereocenters. The lowest BCUT2D eigenvalue weighted by atomic mass is 10.1. The Kier molecular flexibility index (Phi) is 4.34. The quantitative estimate of drug-likeness (QED) is 0.651. The van der Waals surface area contributed by atoms with Crippen molar-refractivity contribution in [2.45, 2.75) is 0 Å². The summed E-state index contributed by atoms with van der Waals surface area (Å²) in [6.07, 6.45) is 0. The van der Waals surface area contributed by atoms with Crippen molar-refractivity contribution in [2.75, 3.05) is 26.4 Å². The van der Waals surface area contributed by atoms with Crippen LogP contribution in [0.5, 0.6) is 0 Å². The van der Waals surface area contributed by atoms with Gasteiger partial charge in [0.05, 0.1) is 12.7 Å². The van der Waals surface area contributed by atoms with E-state index in [1.165, 1.54) is 25.1 Å². The van der Waals surface area contributed by atoms with Gasteiger partial charge in [-0.2, -0.15) is 0 Å². The van der Waals surface area contributed by atoms with Crippen molar-refractivity contribution in [1.82, 2.24) is 4.90 Å². The SMILES string of the molecule is COC(=O)CN(C)C(=O)c1cc(Cl)ccc1N. The molecule has 0 aliphatic rings. The predicted octanol–water partition coefficient (Wildman–Crippen LogP) is 1.17. The highest BCUT2D eigenvalue weighted by Gasteiger charge is 2.17. The number of anilines is 1. The molecule has 0 aromatic heterocycles. The molecule has 0 bridgehead atoms.